The summed E-state index contributed by atoms with van der Waals surface area (Å²) < 4.78 is 16.8. The van der Waals surface area contributed by atoms with E-state index in [1.807, 2.05) is 36.4 Å². The molecular formula is C23H28O4. The van der Waals surface area contributed by atoms with Crippen molar-refractivity contribution in [3.05, 3.63) is 71.8 Å². The van der Waals surface area contributed by atoms with E-state index >= 15 is 0 Å². The first kappa shape index (κ1) is 19.5. The van der Waals surface area contributed by atoms with Crippen LogP contribution in [0, 0.1) is 0 Å². The van der Waals surface area contributed by atoms with Crippen LogP contribution in [0.5, 0.6) is 11.5 Å². The second kappa shape index (κ2) is 9.07. The van der Waals surface area contributed by atoms with Crippen LogP contribution in [0.1, 0.15) is 30.4 Å². The highest BCUT2D eigenvalue weighted by Crippen LogP contribution is 2.41. The van der Waals surface area contributed by atoms with E-state index in [0.717, 1.165) is 36.3 Å². The molecule has 0 fully saturated rings. The molecule has 0 heterocycles. The van der Waals surface area contributed by atoms with E-state index in [1.165, 1.54) is 5.56 Å². The van der Waals surface area contributed by atoms with Crippen molar-refractivity contribution in [3.8, 4) is 11.5 Å². The molecule has 0 aliphatic heterocycles. The van der Waals surface area contributed by atoms with E-state index < -0.39 is 0 Å². The highest BCUT2D eigenvalue weighted by Gasteiger charge is 2.33. The Morgan fingerprint density at radius 1 is 1.04 bits per heavy atom. The van der Waals surface area contributed by atoms with Crippen LogP contribution in [-0.4, -0.2) is 32.0 Å². The molecule has 0 saturated carbocycles. The number of hydrogen-bond donors (Lipinski definition) is 1. The molecule has 1 unspecified atom stereocenters. The van der Waals surface area contributed by atoms with Crippen LogP contribution in [0.3, 0.4) is 0 Å². The van der Waals surface area contributed by atoms with Crippen LogP contribution in [0.2, 0.25) is 0 Å². The quantitative estimate of drug-likeness (QED) is 0.559. The van der Waals surface area contributed by atoms with Crippen LogP contribution in [0.15, 0.2) is 60.7 Å². The third-order valence-electron chi connectivity index (χ3n) is 5.29. The Labute approximate surface area is 161 Å². The number of aliphatic hydroxyl groups excluding tert-OH is 1. The first-order chi connectivity index (χ1) is 13.2. The predicted octanol–water partition coefficient (Wildman–Crippen LogP) is 4.26. The van der Waals surface area contributed by atoms with E-state index in [1.54, 1.807) is 14.2 Å². The molecule has 144 valence electrons. The van der Waals surface area contributed by atoms with Crippen molar-refractivity contribution in [3.63, 3.8) is 0 Å². The van der Waals surface area contributed by atoms with Crippen LogP contribution in [-0.2, 0) is 16.8 Å². The maximum absolute atomic E-state index is 9.93. The Hall–Kier alpha value is -2.30. The first-order valence-electron chi connectivity index (χ1n) is 9.38. The average Bonchev–Trinajstić information content (AvgIpc) is 2.73. The molecule has 4 nitrogen and oxygen atoms in total. The number of allylic oxidation sites excluding steroid dienone is 1. The Balaban J connectivity index is 1.75. The maximum atomic E-state index is 9.93. The van der Waals surface area contributed by atoms with Gasteiger partial charge in [0, 0.05) is 12.0 Å². The Morgan fingerprint density at radius 3 is 2.48 bits per heavy atom. The SMILES string of the molecule is COc1ccc([C@]2(CCOCc3ccccc3)C=CC(O)CC2)cc1OC. The lowest BCUT2D eigenvalue weighted by molar-refractivity contribution is 0.0998. The van der Waals surface area contributed by atoms with Crippen molar-refractivity contribution in [1.82, 2.24) is 0 Å². The van der Waals surface area contributed by atoms with Crippen LogP contribution >= 0.6 is 0 Å². The van der Waals surface area contributed by atoms with Gasteiger partial charge in [-0.05, 0) is 42.5 Å². The van der Waals surface area contributed by atoms with Gasteiger partial charge < -0.3 is 19.3 Å². The minimum absolute atomic E-state index is 0.171. The van der Waals surface area contributed by atoms with Crippen molar-refractivity contribution in [2.24, 2.45) is 0 Å². The standard InChI is InChI=1S/C23H28O4/c1-25-21-9-8-19(16-22(21)26-2)23(12-10-20(24)11-13-23)14-15-27-17-18-6-4-3-5-7-18/h3-10,12,16,20,24H,11,13-15,17H2,1-2H3/t20?,23-/m1/s1. The van der Waals surface area contributed by atoms with Gasteiger partial charge in [-0.1, -0.05) is 48.6 Å². The lowest BCUT2D eigenvalue weighted by atomic mass is 9.71. The number of benzene rings is 2. The summed E-state index contributed by atoms with van der Waals surface area (Å²) in [4.78, 5) is 0. The minimum atomic E-state index is -0.372. The van der Waals surface area contributed by atoms with Crippen LogP contribution in [0.4, 0.5) is 0 Å². The molecule has 1 aliphatic rings. The van der Waals surface area contributed by atoms with Gasteiger partial charge in [-0.25, -0.2) is 0 Å². The van der Waals surface area contributed by atoms with Gasteiger partial charge in [-0.3, -0.25) is 0 Å². The predicted molar refractivity (Wildman–Crippen MR) is 106 cm³/mol. The monoisotopic (exact) mass is 368 g/mol. The number of rotatable bonds is 8. The molecule has 2 aromatic rings. The van der Waals surface area contributed by atoms with Crippen molar-refractivity contribution >= 4 is 0 Å². The van der Waals surface area contributed by atoms with Gasteiger partial charge in [0.15, 0.2) is 11.5 Å². The van der Waals surface area contributed by atoms with E-state index in [9.17, 15) is 5.11 Å². The number of methoxy groups -OCH3 is 2. The fourth-order valence-electron chi connectivity index (χ4n) is 3.64. The second-order valence-electron chi connectivity index (χ2n) is 6.98. The molecule has 4 heteroatoms. The van der Waals surface area contributed by atoms with Crippen LogP contribution < -0.4 is 9.47 Å². The molecule has 1 aliphatic carbocycles. The van der Waals surface area contributed by atoms with Crippen molar-refractivity contribution in [1.29, 1.82) is 0 Å². The van der Waals surface area contributed by atoms with Crippen molar-refractivity contribution in [2.45, 2.75) is 37.4 Å². The molecule has 0 bridgehead atoms. The summed E-state index contributed by atoms with van der Waals surface area (Å²) >= 11 is 0. The van der Waals surface area contributed by atoms with Gasteiger partial charge in [0.25, 0.3) is 0 Å². The average molecular weight is 368 g/mol. The van der Waals surface area contributed by atoms with E-state index in [-0.39, 0.29) is 11.5 Å². The van der Waals surface area contributed by atoms with Crippen LogP contribution in [0.25, 0.3) is 0 Å². The zero-order valence-corrected chi connectivity index (χ0v) is 16.1. The summed E-state index contributed by atoms with van der Waals surface area (Å²) in [5.41, 5.74) is 2.16. The number of aliphatic hydroxyl groups is 1. The summed E-state index contributed by atoms with van der Waals surface area (Å²) in [5.74, 6) is 1.44. The van der Waals surface area contributed by atoms with Gasteiger partial charge in [-0.15, -0.1) is 0 Å². The Morgan fingerprint density at radius 2 is 1.81 bits per heavy atom. The molecule has 0 saturated heterocycles. The van der Waals surface area contributed by atoms with Crippen molar-refractivity contribution < 1.29 is 19.3 Å². The lowest BCUT2D eigenvalue weighted by Crippen LogP contribution is -2.30. The smallest absolute Gasteiger partial charge is 0.161 e. The molecule has 0 radical (unpaired) electrons. The maximum Gasteiger partial charge on any atom is 0.161 e. The highest BCUT2D eigenvalue weighted by atomic mass is 16.5. The van der Waals surface area contributed by atoms with E-state index in [0.29, 0.717) is 13.2 Å². The zero-order valence-electron chi connectivity index (χ0n) is 16.1. The molecule has 0 amide bonds. The van der Waals surface area contributed by atoms with Crippen molar-refractivity contribution in [2.75, 3.05) is 20.8 Å². The summed E-state index contributed by atoms with van der Waals surface area (Å²) in [6, 6.07) is 16.3. The largest absolute Gasteiger partial charge is 0.493 e. The third kappa shape index (κ3) is 4.71. The molecule has 27 heavy (non-hydrogen) atoms. The topological polar surface area (TPSA) is 47.9 Å². The minimum Gasteiger partial charge on any atom is -0.493 e. The summed E-state index contributed by atoms with van der Waals surface area (Å²) in [7, 11) is 3.29. The zero-order chi connectivity index (χ0) is 19.1. The molecule has 1 N–H and O–H groups in total. The van der Waals surface area contributed by atoms with E-state index in [2.05, 4.69) is 24.3 Å². The third-order valence-corrected chi connectivity index (χ3v) is 5.29. The number of hydrogen-bond acceptors (Lipinski definition) is 4. The van der Waals surface area contributed by atoms with Gasteiger partial charge in [0.05, 0.1) is 26.9 Å². The first-order valence-corrected chi connectivity index (χ1v) is 9.38. The fourth-order valence-corrected chi connectivity index (χ4v) is 3.64. The fraction of sp³-hybridized carbons (Fsp3) is 0.391. The Bertz CT molecular complexity index is 756. The summed E-state index contributed by atoms with van der Waals surface area (Å²) in [6.45, 7) is 1.25. The lowest BCUT2D eigenvalue weighted by Gasteiger charge is -2.35. The normalized spacial score (nSPS) is 21.8. The second-order valence-corrected chi connectivity index (χ2v) is 6.98. The highest BCUT2D eigenvalue weighted by molar-refractivity contribution is 5.47. The van der Waals surface area contributed by atoms with Gasteiger partial charge in [0.2, 0.25) is 0 Å². The molecule has 0 spiro atoms. The molecule has 0 aromatic heterocycles. The summed E-state index contributed by atoms with van der Waals surface area (Å²) in [6.07, 6.45) is 6.12. The van der Waals surface area contributed by atoms with Gasteiger partial charge in [0.1, 0.15) is 0 Å². The molecule has 2 aromatic carbocycles. The summed E-state index contributed by atoms with van der Waals surface area (Å²) in [5, 5.41) is 9.93. The van der Waals surface area contributed by atoms with E-state index in [4.69, 9.17) is 14.2 Å². The Kier molecular flexibility index (Phi) is 6.54. The molecular weight excluding hydrogens is 340 g/mol. The van der Waals surface area contributed by atoms with Gasteiger partial charge >= 0.3 is 0 Å². The number of ether oxygens (including phenoxy) is 3. The molecule has 2 atom stereocenters. The molecule has 3 rings (SSSR count). The van der Waals surface area contributed by atoms with Gasteiger partial charge in [-0.2, -0.15) is 0 Å².